The first-order valence-corrected chi connectivity index (χ1v) is 7.07. The molecule has 0 amide bonds. The molecule has 0 aromatic heterocycles. The molecule has 5 nitrogen and oxygen atoms in total. The first-order valence-electron chi connectivity index (χ1n) is 7.07. The van der Waals surface area contributed by atoms with Crippen LogP contribution in [0.5, 0.6) is 0 Å². The van der Waals surface area contributed by atoms with Crippen molar-refractivity contribution >= 4 is 17.3 Å². The maximum absolute atomic E-state index is 11.1. The maximum atomic E-state index is 11.1. The highest BCUT2D eigenvalue weighted by Gasteiger charge is 2.19. The number of anilines is 2. The molecule has 0 spiro atoms. The zero-order chi connectivity index (χ0) is 14.7. The first-order chi connectivity index (χ1) is 9.47. The minimum absolute atomic E-state index is 0.187. The van der Waals surface area contributed by atoms with Gasteiger partial charge in [-0.3, -0.25) is 4.90 Å². The van der Waals surface area contributed by atoms with Crippen molar-refractivity contribution in [2.75, 3.05) is 43.4 Å². The SMILES string of the molecule is CC(C)CN1CCN(c2ccc(N)c(C(=O)O)c2)CC1. The standard InChI is InChI=1S/C15H23N3O2/c1-11(2)10-17-5-7-18(8-6-17)12-3-4-14(16)13(9-12)15(19)20/h3-4,9,11H,5-8,10,16H2,1-2H3,(H,19,20). The zero-order valence-corrected chi connectivity index (χ0v) is 12.2. The Hall–Kier alpha value is -1.75. The van der Waals surface area contributed by atoms with Gasteiger partial charge in [0.1, 0.15) is 0 Å². The van der Waals surface area contributed by atoms with Crippen LogP contribution in [0.25, 0.3) is 0 Å². The van der Waals surface area contributed by atoms with E-state index < -0.39 is 5.97 Å². The lowest BCUT2D eigenvalue weighted by Gasteiger charge is -2.37. The number of aromatic carboxylic acids is 1. The van der Waals surface area contributed by atoms with Gasteiger partial charge < -0.3 is 15.7 Å². The van der Waals surface area contributed by atoms with Gasteiger partial charge in [-0.1, -0.05) is 13.8 Å². The van der Waals surface area contributed by atoms with E-state index in [0.717, 1.165) is 38.4 Å². The van der Waals surface area contributed by atoms with Crippen LogP contribution in [0.3, 0.4) is 0 Å². The summed E-state index contributed by atoms with van der Waals surface area (Å²) in [6.07, 6.45) is 0. The van der Waals surface area contributed by atoms with Crippen molar-refractivity contribution < 1.29 is 9.90 Å². The Morgan fingerprint density at radius 3 is 2.50 bits per heavy atom. The lowest BCUT2D eigenvalue weighted by atomic mass is 10.1. The average molecular weight is 277 g/mol. The van der Waals surface area contributed by atoms with Gasteiger partial charge in [0.2, 0.25) is 0 Å². The van der Waals surface area contributed by atoms with Gasteiger partial charge in [0.25, 0.3) is 0 Å². The van der Waals surface area contributed by atoms with Crippen molar-refractivity contribution in [2.45, 2.75) is 13.8 Å². The molecule has 0 unspecified atom stereocenters. The van der Waals surface area contributed by atoms with Gasteiger partial charge in [0, 0.05) is 44.1 Å². The Bertz CT molecular complexity index is 480. The second-order valence-electron chi connectivity index (χ2n) is 5.76. The molecule has 1 saturated heterocycles. The van der Waals surface area contributed by atoms with E-state index in [4.69, 9.17) is 10.8 Å². The number of nitrogen functional groups attached to an aromatic ring is 1. The number of nitrogens with two attached hydrogens (primary N) is 1. The molecule has 5 heteroatoms. The van der Waals surface area contributed by atoms with E-state index in [2.05, 4.69) is 23.6 Å². The van der Waals surface area contributed by atoms with Crippen LogP contribution in [-0.4, -0.2) is 48.7 Å². The number of nitrogens with zero attached hydrogens (tertiary/aromatic N) is 2. The summed E-state index contributed by atoms with van der Waals surface area (Å²) in [7, 11) is 0. The topological polar surface area (TPSA) is 69.8 Å². The summed E-state index contributed by atoms with van der Waals surface area (Å²) >= 11 is 0. The van der Waals surface area contributed by atoms with Crippen molar-refractivity contribution in [1.82, 2.24) is 4.90 Å². The van der Waals surface area contributed by atoms with Crippen molar-refractivity contribution in [2.24, 2.45) is 5.92 Å². The summed E-state index contributed by atoms with van der Waals surface area (Å²) in [6.45, 7) is 9.47. The summed E-state index contributed by atoms with van der Waals surface area (Å²) in [5.74, 6) is -0.292. The molecule has 0 aliphatic carbocycles. The van der Waals surface area contributed by atoms with Crippen LogP contribution in [0.4, 0.5) is 11.4 Å². The van der Waals surface area contributed by atoms with Crippen LogP contribution < -0.4 is 10.6 Å². The molecular formula is C15H23N3O2. The summed E-state index contributed by atoms with van der Waals surface area (Å²) in [5, 5.41) is 9.12. The third-order valence-electron chi connectivity index (χ3n) is 3.63. The van der Waals surface area contributed by atoms with E-state index in [1.54, 1.807) is 12.1 Å². The monoisotopic (exact) mass is 277 g/mol. The molecule has 110 valence electrons. The molecule has 0 saturated carbocycles. The lowest BCUT2D eigenvalue weighted by molar-refractivity contribution is 0.0698. The number of hydrogen-bond acceptors (Lipinski definition) is 4. The Kier molecular flexibility index (Phi) is 4.49. The second kappa shape index (κ2) is 6.13. The number of carboxylic acid groups (broad SMARTS) is 1. The van der Waals surface area contributed by atoms with Gasteiger partial charge in [0.05, 0.1) is 5.56 Å². The smallest absolute Gasteiger partial charge is 0.337 e. The van der Waals surface area contributed by atoms with Crippen molar-refractivity contribution in [3.05, 3.63) is 23.8 Å². The van der Waals surface area contributed by atoms with Gasteiger partial charge in [-0.25, -0.2) is 4.79 Å². The molecule has 1 aromatic carbocycles. The van der Waals surface area contributed by atoms with Gasteiger partial charge in [-0.15, -0.1) is 0 Å². The third-order valence-corrected chi connectivity index (χ3v) is 3.63. The highest BCUT2D eigenvalue weighted by molar-refractivity contribution is 5.94. The molecule has 1 aromatic rings. The molecular weight excluding hydrogens is 254 g/mol. The second-order valence-corrected chi connectivity index (χ2v) is 5.76. The molecule has 1 aliphatic heterocycles. The van der Waals surface area contributed by atoms with Crippen LogP contribution in [0.2, 0.25) is 0 Å². The molecule has 20 heavy (non-hydrogen) atoms. The fourth-order valence-electron chi connectivity index (χ4n) is 2.63. The Balaban J connectivity index is 2.03. The van der Waals surface area contributed by atoms with Crippen LogP contribution in [0.1, 0.15) is 24.2 Å². The highest BCUT2D eigenvalue weighted by Crippen LogP contribution is 2.22. The number of carboxylic acids is 1. The Morgan fingerprint density at radius 1 is 1.30 bits per heavy atom. The minimum atomic E-state index is -0.970. The zero-order valence-electron chi connectivity index (χ0n) is 12.2. The molecule has 1 fully saturated rings. The average Bonchev–Trinajstić information content (AvgIpc) is 2.39. The van der Waals surface area contributed by atoms with Gasteiger partial charge >= 0.3 is 5.97 Å². The Labute approximate surface area is 120 Å². The van der Waals surface area contributed by atoms with Crippen molar-refractivity contribution in [3.8, 4) is 0 Å². The highest BCUT2D eigenvalue weighted by atomic mass is 16.4. The molecule has 2 rings (SSSR count). The van der Waals surface area contributed by atoms with E-state index in [9.17, 15) is 4.79 Å². The normalized spacial score (nSPS) is 16.6. The predicted molar refractivity (Wildman–Crippen MR) is 81.3 cm³/mol. The van der Waals surface area contributed by atoms with Gasteiger partial charge in [-0.2, -0.15) is 0 Å². The number of rotatable bonds is 4. The predicted octanol–water partition coefficient (Wildman–Crippen LogP) is 1.74. The van der Waals surface area contributed by atoms with E-state index >= 15 is 0 Å². The van der Waals surface area contributed by atoms with E-state index in [-0.39, 0.29) is 5.56 Å². The van der Waals surface area contributed by atoms with Gasteiger partial charge in [-0.05, 0) is 24.1 Å². The molecule has 0 atom stereocenters. The largest absolute Gasteiger partial charge is 0.478 e. The molecule has 3 N–H and O–H groups in total. The van der Waals surface area contributed by atoms with E-state index in [1.165, 1.54) is 0 Å². The number of benzene rings is 1. The summed E-state index contributed by atoms with van der Waals surface area (Å²) in [5.41, 5.74) is 7.14. The fraction of sp³-hybridized carbons (Fsp3) is 0.533. The minimum Gasteiger partial charge on any atom is -0.478 e. The van der Waals surface area contributed by atoms with Crippen molar-refractivity contribution in [3.63, 3.8) is 0 Å². The Morgan fingerprint density at radius 2 is 1.95 bits per heavy atom. The summed E-state index contributed by atoms with van der Waals surface area (Å²) < 4.78 is 0. The third kappa shape index (κ3) is 3.42. The summed E-state index contributed by atoms with van der Waals surface area (Å²) in [6, 6.07) is 5.26. The van der Waals surface area contributed by atoms with Crippen LogP contribution in [-0.2, 0) is 0 Å². The molecule has 0 bridgehead atoms. The first kappa shape index (κ1) is 14.7. The summed E-state index contributed by atoms with van der Waals surface area (Å²) in [4.78, 5) is 15.8. The van der Waals surface area contributed by atoms with Crippen LogP contribution in [0.15, 0.2) is 18.2 Å². The number of piperazine rings is 1. The molecule has 1 heterocycles. The van der Waals surface area contributed by atoms with Gasteiger partial charge in [0.15, 0.2) is 0 Å². The quantitative estimate of drug-likeness (QED) is 0.820. The van der Waals surface area contributed by atoms with Crippen LogP contribution >= 0.6 is 0 Å². The number of carbonyl (C=O) groups is 1. The fourth-order valence-corrected chi connectivity index (χ4v) is 2.63. The molecule has 1 aliphatic rings. The van der Waals surface area contributed by atoms with Crippen molar-refractivity contribution in [1.29, 1.82) is 0 Å². The van der Waals surface area contributed by atoms with E-state index in [0.29, 0.717) is 11.6 Å². The number of hydrogen-bond donors (Lipinski definition) is 2. The molecule has 0 radical (unpaired) electrons. The van der Waals surface area contributed by atoms with E-state index in [1.807, 2.05) is 6.07 Å². The maximum Gasteiger partial charge on any atom is 0.337 e. The van der Waals surface area contributed by atoms with Crippen LogP contribution in [0, 0.1) is 5.92 Å². The lowest BCUT2D eigenvalue weighted by Crippen LogP contribution is -2.47.